The second kappa shape index (κ2) is 8.60. The second-order valence-electron chi connectivity index (χ2n) is 5.40. The zero-order valence-electron chi connectivity index (χ0n) is 14.2. The smallest absolute Gasteiger partial charge is 0.128 e. The molecule has 3 aromatic rings. The van der Waals surface area contributed by atoms with Crippen LogP contribution < -0.4 is 4.74 Å². The summed E-state index contributed by atoms with van der Waals surface area (Å²) in [6, 6.07) is 28.0. The fraction of sp³-hybridized carbons (Fsp3) is 0.0909. The largest absolute Gasteiger partial charge is 0.493 e. The summed E-state index contributed by atoms with van der Waals surface area (Å²) in [6.07, 6.45) is 1.73. The van der Waals surface area contributed by atoms with Crippen molar-refractivity contribution in [1.29, 1.82) is 0 Å². The Morgan fingerprint density at radius 1 is 0.800 bits per heavy atom. The molecule has 3 aromatic carbocycles. The summed E-state index contributed by atoms with van der Waals surface area (Å²) in [5.74, 6) is 0.810. The molecule has 0 aliphatic carbocycles. The van der Waals surface area contributed by atoms with Crippen LogP contribution in [0.2, 0.25) is 0 Å². The maximum Gasteiger partial charge on any atom is 0.128 e. The van der Waals surface area contributed by atoms with Crippen LogP contribution in [0.4, 0.5) is 0 Å². The first-order chi connectivity index (χ1) is 12.4. The maximum absolute atomic E-state index is 5.62. The standard InChI is InChI=1S/C22H20N2O/c1-2-25-21-16-10-9-15-20(21)17-23-24-22(18-11-5-3-6-12-18)19-13-7-4-8-14-19/h3-17H,2H2,1H3/b23-17+. The van der Waals surface area contributed by atoms with E-state index in [9.17, 15) is 0 Å². The summed E-state index contributed by atoms with van der Waals surface area (Å²) in [4.78, 5) is 0. The van der Waals surface area contributed by atoms with E-state index in [2.05, 4.69) is 10.2 Å². The monoisotopic (exact) mass is 328 g/mol. The van der Waals surface area contributed by atoms with E-state index < -0.39 is 0 Å². The molecule has 0 unspecified atom stereocenters. The summed E-state index contributed by atoms with van der Waals surface area (Å²) in [5.41, 5.74) is 3.81. The van der Waals surface area contributed by atoms with Gasteiger partial charge in [0.25, 0.3) is 0 Å². The van der Waals surface area contributed by atoms with E-state index in [1.165, 1.54) is 0 Å². The Morgan fingerprint density at radius 2 is 1.36 bits per heavy atom. The summed E-state index contributed by atoms with van der Waals surface area (Å²) in [6.45, 7) is 2.59. The molecule has 0 atom stereocenters. The van der Waals surface area contributed by atoms with Gasteiger partial charge in [-0.3, -0.25) is 0 Å². The molecule has 0 radical (unpaired) electrons. The van der Waals surface area contributed by atoms with Crippen molar-refractivity contribution in [2.45, 2.75) is 6.92 Å². The van der Waals surface area contributed by atoms with Crippen LogP contribution in [0.25, 0.3) is 0 Å². The molecule has 0 bridgehead atoms. The van der Waals surface area contributed by atoms with Gasteiger partial charge in [0.05, 0.1) is 12.8 Å². The first-order valence-electron chi connectivity index (χ1n) is 8.32. The molecule has 0 N–H and O–H groups in total. The predicted molar refractivity (Wildman–Crippen MR) is 104 cm³/mol. The van der Waals surface area contributed by atoms with Crippen molar-refractivity contribution < 1.29 is 4.74 Å². The highest BCUT2D eigenvalue weighted by Gasteiger charge is 2.06. The molecule has 0 amide bonds. The highest BCUT2D eigenvalue weighted by Crippen LogP contribution is 2.16. The first kappa shape index (κ1) is 16.7. The highest BCUT2D eigenvalue weighted by molar-refractivity contribution is 6.12. The average molecular weight is 328 g/mol. The van der Waals surface area contributed by atoms with Crippen LogP contribution in [-0.2, 0) is 0 Å². The molecule has 0 saturated carbocycles. The minimum absolute atomic E-state index is 0.618. The Hall–Kier alpha value is -3.20. The van der Waals surface area contributed by atoms with Crippen molar-refractivity contribution in [3.05, 3.63) is 102 Å². The lowest BCUT2D eigenvalue weighted by atomic mass is 10.0. The number of para-hydroxylation sites is 1. The van der Waals surface area contributed by atoms with Crippen LogP contribution in [0, 0.1) is 0 Å². The third-order valence-electron chi connectivity index (χ3n) is 3.67. The van der Waals surface area contributed by atoms with Gasteiger partial charge in [-0.1, -0.05) is 72.8 Å². The van der Waals surface area contributed by atoms with Crippen LogP contribution in [0.3, 0.4) is 0 Å². The molecule has 25 heavy (non-hydrogen) atoms. The minimum Gasteiger partial charge on any atom is -0.493 e. The molecule has 0 spiro atoms. The molecule has 124 valence electrons. The third-order valence-corrected chi connectivity index (χ3v) is 3.67. The Morgan fingerprint density at radius 3 is 1.96 bits per heavy atom. The van der Waals surface area contributed by atoms with Crippen molar-refractivity contribution in [3.8, 4) is 5.75 Å². The molecule has 0 heterocycles. The molecular formula is C22H20N2O. The van der Waals surface area contributed by atoms with Crippen molar-refractivity contribution in [1.82, 2.24) is 0 Å². The van der Waals surface area contributed by atoms with Crippen LogP contribution in [0.5, 0.6) is 5.75 Å². The lowest BCUT2D eigenvalue weighted by Gasteiger charge is -2.06. The van der Waals surface area contributed by atoms with Gasteiger partial charge in [-0.25, -0.2) is 0 Å². The van der Waals surface area contributed by atoms with Gasteiger partial charge in [0.15, 0.2) is 0 Å². The summed E-state index contributed by atoms with van der Waals surface area (Å²) in [7, 11) is 0. The molecule has 0 aromatic heterocycles. The van der Waals surface area contributed by atoms with Crippen molar-refractivity contribution in [3.63, 3.8) is 0 Å². The average Bonchev–Trinajstić information content (AvgIpc) is 2.68. The van der Waals surface area contributed by atoms with Crippen LogP contribution in [0.1, 0.15) is 23.6 Å². The molecule has 0 aliphatic rings. The molecular weight excluding hydrogens is 308 g/mol. The van der Waals surface area contributed by atoms with Gasteiger partial charge >= 0.3 is 0 Å². The fourth-order valence-electron chi connectivity index (χ4n) is 2.50. The van der Waals surface area contributed by atoms with Crippen LogP contribution in [0.15, 0.2) is 95.1 Å². The summed E-state index contributed by atoms with van der Waals surface area (Å²) >= 11 is 0. The molecule has 3 rings (SSSR count). The topological polar surface area (TPSA) is 34.0 Å². The number of rotatable bonds is 6. The summed E-state index contributed by atoms with van der Waals surface area (Å²) < 4.78 is 5.62. The van der Waals surface area contributed by atoms with Crippen molar-refractivity contribution >= 4 is 11.9 Å². The van der Waals surface area contributed by atoms with Gasteiger partial charge in [0.1, 0.15) is 11.5 Å². The SMILES string of the molecule is CCOc1ccccc1/C=N/N=C(c1ccccc1)c1ccccc1. The number of benzene rings is 3. The van der Waals surface area contributed by atoms with E-state index >= 15 is 0 Å². The van der Waals surface area contributed by atoms with Crippen LogP contribution >= 0.6 is 0 Å². The maximum atomic E-state index is 5.62. The van der Waals surface area contributed by atoms with Gasteiger partial charge in [-0.15, -0.1) is 5.10 Å². The van der Waals surface area contributed by atoms with E-state index in [0.29, 0.717) is 6.61 Å². The number of nitrogens with zero attached hydrogens (tertiary/aromatic N) is 2. The molecule has 3 nitrogen and oxygen atoms in total. The zero-order valence-corrected chi connectivity index (χ0v) is 14.2. The van der Waals surface area contributed by atoms with Gasteiger partial charge in [-0.05, 0) is 19.1 Å². The van der Waals surface area contributed by atoms with Crippen molar-refractivity contribution in [2.24, 2.45) is 10.2 Å². The molecule has 0 fully saturated rings. The first-order valence-corrected chi connectivity index (χ1v) is 8.32. The van der Waals surface area contributed by atoms with Crippen molar-refractivity contribution in [2.75, 3.05) is 6.61 Å². The predicted octanol–water partition coefficient (Wildman–Crippen LogP) is 4.96. The number of hydrogen-bond donors (Lipinski definition) is 0. The van der Waals surface area contributed by atoms with E-state index in [1.54, 1.807) is 6.21 Å². The fourth-order valence-corrected chi connectivity index (χ4v) is 2.50. The van der Waals surface area contributed by atoms with Gasteiger partial charge in [-0.2, -0.15) is 5.10 Å². The minimum atomic E-state index is 0.618. The van der Waals surface area contributed by atoms with E-state index in [-0.39, 0.29) is 0 Å². The van der Waals surface area contributed by atoms with Crippen LogP contribution in [-0.4, -0.2) is 18.5 Å². The number of ether oxygens (including phenoxy) is 1. The third kappa shape index (κ3) is 4.42. The van der Waals surface area contributed by atoms with E-state index in [0.717, 1.165) is 28.2 Å². The Kier molecular flexibility index (Phi) is 5.73. The highest BCUT2D eigenvalue weighted by atomic mass is 16.5. The molecule has 0 saturated heterocycles. The quantitative estimate of drug-likeness (QED) is 0.465. The van der Waals surface area contributed by atoms with Gasteiger partial charge in [0, 0.05) is 16.7 Å². The second-order valence-corrected chi connectivity index (χ2v) is 5.40. The Balaban J connectivity index is 1.95. The molecule has 3 heteroatoms. The van der Waals surface area contributed by atoms with Gasteiger partial charge in [0.2, 0.25) is 0 Å². The normalized spacial score (nSPS) is 10.6. The van der Waals surface area contributed by atoms with E-state index in [1.807, 2.05) is 91.9 Å². The number of hydrogen-bond acceptors (Lipinski definition) is 3. The van der Waals surface area contributed by atoms with Gasteiger partial charge < -0.3 is 4.74 Å². The lowest BCUT2D eigenvalue weighted by Crippen LogP contribution is -2.02. The summed E-state index contributed by atoms with van der Waals surface area (Å²) in [5, 5.41) is 8.81. The Labute approximate surface area is 148 Å². The molecule has 0 aliphatic heterocycles. The zero-order chi connectivity index (χ0) is 17.3. The lowest BCUT2D eigenvalue weighted by molar-refractivity contribution is 0.340. The Bertz CT molecular complexity index is 814. The van der Waals surface area contributed by atoms with E-state index in [4.69, 9.17) is 4.74 Å².